The van der Waals surface area contributed by atoms with Crippen molar-refractivity contribution in [3.05, 3.63) is 47.9 Å². The fourth-order valence-electron chi connectivity index (χ4n) is 2.14. The Kier molecular flexibility index (Phi) is 6.83. The molecule has 0 amide bonds. The van der Waals surface area contributed by atoms with Gasteiger partial charge < -0.3 is 15.2 Å². The minimum atomic E-state index is -0.791. The van der Waals surface area contributed by atoms with Crippen molar-refractivity contribution in [2.75, 3.05) is 13.7 Å². The van der Waals surface area contributed by atoms with Gasteiger partial charge in [0, 0.05) is 17.8 Å². The van der Waals surface area contributed by atoms with E-state index in [2.05, 4.69) is 4.98 Å². The fraction of sp³-hybridized carbons (Fsp3) is 0.316. The van der Waals surface area contributed by atoms with Gasteiger partial charge in [-0.15, -0.1) is 0 Å². The van der Waals surface area contributed by atoms with Crippen molar-refractivity contribution < 1.29 is 18.7 Å². The number of rotatable bonds is 6. The average Bonchev–Trinajstić information content (AvgIpc) is 2.59. The molecule has 0 spiro atoms. The predicted octanol–water partition coefficient (Wildman–Crippen LogP) is 3.39. The van der Waals surface area contributed by atoms with E-state index >= 15 is 0 Å². The van der Waals surface area contributed by atoms with Crippen LogP contribution in [0.3, 0.4) is 0 Å². The number of aromatic nitrogens is 1. The first-order valence-corrected chi connectivity index (χ1v) is 7.56. The highest BCUT2D eigenvalue weighted by atomic mass is 19.1. The quantitative estimate of drug-likeness (QED) is 0.467. The number of hydrogen-bond acceptors (Lipinski definition) is 5. The molecule has 0 aliphatic rings. The molecule has 26 heavy (non-hydrogen) atoms. The fourth-order valence-corrected chi connectivity index (χ4v) is 2.14. The highest BCUT2D eigenvalue weighted by Crippen LogP contribution is 2.24. The van der Waals surface area contributed by atoms with Crippen LogP contribution in [0.2, 0.25) is 0 Å². The maximum absolute atomic E-state index is 13.9. The van der Waals surface area contributed by atoms with Gasteiger partial charge in [0.25, 0.3) is 0 Å². The van der Waals surface area contributed by atoms with E-state index in [0.717, 1.165) is 0 Å². The van der Waals surface area contributed by atoms with Gasteiger partial charge in [-0.2, -0.15) is 0 Å². The first kappa shape index (κ1) is 21.1. The Hall–Kier alpha value is -2.96. The largest absolute Gasteiger partial charge is 0.476 e. The molecule has 0 aliphatic heterocycles. The summed E-state index contributed by atoms with van der Waals surface area (Å²) in [6.07, 6.45) is 1.54. The van der Waals surface area contributed by atoms with Crippen LogP contribution in [0.25, 0.3) is 11.1 Å². The molecule has 0 fully saturated rings. The summed E-state index contributed by atoms with van der Waals surface area (Å²) in [7, 11) is 1.33. The Balaban J connectivity index is 0.00000338. The van der Waals surface area contributed by atoms with Gasteiger partial charge in [0.05, 0.1) is 18.1 Å². The van der Waals surface area contributed by atoms with Crippen LogP contribution in [0.1, 0.15) is 26.8 Å². The molecule has 0 aliphatic carbocycles. The summed E-state index contributed by atoms with van der Waals surface area (Å²) in [5, 5.41) is 7.30. The van der Waals surface area contributed by atoms with E-state index in [1.165, 1.54) is 19.2 Å². The van der Waals surface area contributed by atoms with Crippen LogP contribution in [0.5, 0.6) is 5.88 Å². The Morgan fingerprint density at radius 2 is 1.92 bits per heavy atom. The zero-order valence-electron chi connectivity index (χ0n) is 14.3. The van der Waals surface area contributed by atoms with Gasteiger partial charge in [0.15, 0.2) is 0 Å². The number of amidine groups is 1. The van der Waals surface area contributed by atoms with Crippen LogP contribution >= 0.6 is 0 Å². The van der Waals surface area contributed by atoms with E-state index < -0.39 is 11.2 Å². The van der Waals surface area contributed by atoms with Gasteiger partial charge in [-0.05, 0) is 37.6 Å². The summed E-state index contributed by atoms with van der Waals surface area (Å²) in [5.74, 6) is -0.906. The molecule has 0 saturated carbocycles. The Labute approximate surface area is 152 Å². The molecule has 1 aromatic heterocycles. The lowest BCUT2D eigenvalue weighted by Crippen LogP contribution is -2.32. The standard InChI is InChI=1S/C18H20FN3O3.CH4/c1-18(2,17(23)24-3)10-25-15-7-5-12(9-22-15)11-4-6-13(16(20)21)14(19)8-11;/h4-9H,10H2,1-3H3,(H3,20,21);1H4. The van der Waals surface area contributed by atoms with Gasteiger partial charge >= 0.3 is 5.97 Å². The zero-order chi connectivity index (χ0) is 18.6. The van der Waals surface area contributed by atoms with Crippen molar-refractivity contribution in [1.82, 2.24) is 4.98 Å². The molecule has 0 atom stereocenters. The summed E-state index contributed by atoms with van der Waals surface area (Å²) >= 11 is 0. The summed E-state index contributed by atoms with van der Waals surface area (Å²) in [4.78, 5) is 15.8. The number of nitrogens with one attached hydrogen (secondary N) is 1. The number of ether oxygens (including phenoxy) is 2. The van der Waals surface area contributed by atoms with Gasteiger partial charge in [-0.25, -0.2) is 9.37 Å². The normalized spacial score (nSPS) is 10.6. The lowest BCUT2D eigenvalue weighted by Gasteiger charge is -2.21. The van der Waals surface area contributed by atoms with E-state index in [1.807, 2.05) is 0 Å². The van der Waals surface area contributed by atoms with Gasteiger partial charge in [0.1, 0.15) is 18.3 Å². The topological polar surface area (TPSA) is 98.3 Å². The number of nitrogens with two attached hydrogens (primary N) is 1. The molecular weight excluding hydrogens is 337 g/mol. The molecule has 7 heteroatoms. The molecule has 3 N–H and O–H groups in total. The number of carbonyl (C=O) groups is 1. The van der Waals surface area contributed by atoms with E-state index in [-0.39, 0.29) is 31.4 Å². The number of carbonyl (C=O) groups excluding carboxylic acids is 1. The monoisotopic (exact) mass is 361 g/mol. The number of nitrogens with zero attached hydrogens (tertiary/aromatic N) is 1. The van der Waals surface area contributed by atoms with E-state index in [1.54, 1.807) is 38.2 Å². The average molecular weight is 361 g/mol. The molecular formula is C19H24FN3O3. The SMILES string of the molecule is C.COC(=O)C(C)(C)COc1ccc(-c2ccc(C(=N)N)c(F)c2)cn1. The van der Waals surface area contributed by atoms with Crippen LogP contribution in [0.15, 0.2) is 36.5 Å². The Morgan fingerprint density at radius 3 is 2.42 bits per heavy atom. The van der Waals surface area contributed by atoms with Crippen LogP contribution in [-0.4, -0.2) is 30.5 Å². The lowest BCUT2D eigenvalue weighted by molar-refractivity contribution is -0.152. The summed E-state index contributed by atoms with van der Waals surface area (Å²) in [6.45, 7) is 3.55. The molecule has 1 heterocycles. The van der Waals surface area contributed by atoms with Crippen LogP contribution in [0.4, 0.5) is 4.39 Å². The molecule has 0 unspecified atom stereocenters. The van der Waals surface area contributed by atoms with Gasteiger partial charge in [0.2, 0.25) is 5.88 Å². The van der Waals surface area contributed by atoms with Crippen molar-refractivity contribution in [1.29, 1.82) is 5.41 Å². The number of nitrogen functional groups attached to an aromatic ring is 1. The second-order valence-corrected chi connectivity index (χ2v) is 6.16. The summed E-state index contributed by atoms with van der Waals surface area (Å²) in [5.41, 5.74) is 5.87. The smallest absolute Gasteiger partial charge is 0.314 e. The highest BCUT2D eigenvalue weighted by molar-refractivity contribution is 5.95. The van der Waals surface area contributed by atoms with E-state index in [4.69, 9.17) is 20.6 Å². The van der Waals surface area contributed by atoms with Crippen molar-refractivity contribution in [3.63, 3.8) is 0 Å². The maximum atomic E-state index is 13.9. The third-order valence-corrected chi connectivity index (χ3v) is 3.65. The molecule has 0 radical (unpaired) electrons. The second kappa shape index (κ2) is 8.42. The van der Waals surface area contributed by atoms with Crippen molar-refractivity contribution >= 4 is 11.8 Å². The third kappa shape index (κ3) is 4.78. The number of esters is 1. The number of methoxy groups -OCH3 is 1. The number of benzene rings is 1. The minimum Gasteiger partial charge on any atom is -0.476 e. The molecule has 2 rings (SSSR count). The van der Waals surface area contributed by atoms with Crippen LogP contribution in [0, 0.1) is 16.6 Å². The van der Waals surface area contributed by atoms with Crippen molar-refractivity contribution in [3.8, 4) is 17.0 Å². The second-order valence-electron chi connectivity index (χ2n) is 6.16. The third-order valence-electron chi connectivity index (χ3n) is 3.65. The lowest BCUT2D eigenvalue weighted by atomic mass is 9.95. The Bertz CT molecular complexity index is 789. The molecule has 2 aromatic rings. The number of hydrogen-bond donors (Lipinski definition) is 2. The first-order valence-electron chi connectivity index (χ1n) is 7.56. The minimum absolute atomic E-state index is 0. The predicted molar refractivity (Wildman–Crippen MR) is 98.7 cm³/mol. The molecule has 6 nitrogen and oxygen atoms in total. The zero-order valence-corrected chi connectivity index (χ0v) is 14.3. The Morgan fingerprint density at radius 1 is 1.27 bits per heavy atom. The first-order chi connectivity index (χ1) is 11.7. The van der Waals surface area contributed by atoms with Crippen LogP contribution < -0.4 is 10.5 Å². The van der Waals surface area contributed by atoms with Gasteiger partial charge in [-0.1, -0.05) is 13.5 Å². The van der Waals surface area contributed by atoms with Gasteiger partial charge in [-0.3, -0.25) is 10.2 Å². The molecule has 0 bridgehead atoms. The number of halogens is 1. The molecule has 140 valence electrons. The maximum Gasteiger partial charge on any atom is 0.314 e. The van der Waals surface area contributed by atoms with E-state index in [9.17, 15) is 9.18 Å². The van der Waals surface area contributed by atoms with E-state index in [0.29, 0.717) is 17.0 Å². The molecule has 1 aromatic carbocycles. The number of pyridine rings is 1. The van der Waals surface area contributed by atoms with Crippen molar-refractivity contribution in [2.24, 2.45) is 11.1 Å². The van der Waals surface area contributed by atoms with Crippen molar-refractivity contribution in [2.45, 2.75) is 21.3 Å². The molecule has 0 saturated heterocycles. The van der Waals surface area contributed by atoms with Crippen LogP contribution in [-0.2, 0) is 9.53 Å². The highest BCUT2D eigenvalue weighted by Gasteiger charge is 2.29. The summed E-state index contributed by atoms with van der Waals surface area (Å²) in [6, 6.07) is 7.79. The summed E-state index contributed by atoms with van der Waals surface area (Å²) < 4.78 is 24.2.